The molecule has 1 aromatic carbocycles. The number of aromatic nitrogens is 1. The molecule has 2 atom stereocenters. The second kappa shape index (κ2) is 9.68. The third-order valence-corrected chi connectivity index (χ3v) is 6.08. The molecule has 0 radical (unpaired) electrons. The predicted molar refractivity (Wildman–Crippen MR) is 114 cm³/mol. The highest BCUT2D eigenvalue weighted by Gasteiger charge is 2.30. The molecule has 6 nitrogen and oxygen atoms in total. The lowest BCUT2D eigenvalue weighted by Gasteiger charge is -2.32. The van der Waals surface area contributed by atoms with Crippen LogP contribution in [0.4, 0.5) is 4.39 Å². The van der Waals surface area contributed by atoms with Crippen molar-refractivity contribution in [2.24, 2.45) is 17.0 Å². The first-order chi connectivity index (χ1) is 14.3. The third kappa shape index (κ3) is 5.87. The van der Waals surface area contributed by atoms with Gasteiger partial charge in [-0.2, -0.15) is 0 Å². The van der Waals surface area contributed by atoms with Crippen molar-refractivity contribution in [2.45, 2.75) is 19.8 Å². The Kier molecular flexibility index (Phi) is 7.23. The van der Waals surface area contributed by atoms with Crippen LogP contribution >= 0.6 is 0 Å². The summed E-state index contributed by atoms with van der Waals surface area (Å²) >= 11 is 0. The first-order valence-electron chi connectivity index (χ1n) is 9.90. The van der Waals surface area contributed by atoms with Gasteiger partial charge in [-0.3, -0.25) is 4.98 Å². The number of primary sulfonamides is 1. The molecule has 0 aliphatic carbocycles. The molecular weight excluding hydrogens is 407 g/mol. The highest BCUT2D eigenvalue weighted by molar-refractivity contribution is 7.89. The molecule has 1 fully saturated rings. The molecule has 2 heterocycles. The number of rotatable bonds is 8. The largest absolute Gasteiger partial charge is 0.493 e. The van der Waals surface area contributed by atoms with Gasteiger partial charge in [0.15, 0.2) is 0 Å². The molecule has 8 heteroatoms. The zero-order valence-electron chi connectivity index (χ0n) is 17.0. The summed E-state index contributed by atoms with van der Waals surface area (Å²) in [6.45, 7) is 7.41. The van der Waals surface area contributed by atoms with E-state index in [0.717, 1.165) is 23.3 Å². The molecule has 1 aliphatic rings. The minimum atomic E-state index is -3.62. The lowest BCUT2D eigenvalue weighted by atomic mass is 9.84. The molecule has 1 unspecified atom stereocenters. The molecule has 162 valence electrons. The number of hydrogen-bond donors (Lipinski definition) is 1. The highest BCUT2D eigenvalue weighted by Crippen LogP contribution is 2.31. The number of halogens is 1. The van der Waals surface area contributed by atoms with E-state index in [0.29, 0.717) is 37.5 Å². The summed E-state index contributed by atoms with van der Waals surface area (Å²) in [4.78, 5) is 4.13. The summed E-state index contributed by atoms with van der Waals surface area (Å²) in [6, 6.07) is 8.80. The zero-order valence-corrected chi connectivity index (χ0v) is 17.8. The van der Waals surface area contributed by atoms with Gasteiger partial charge in [0.25, 0.3) is 0 Å². The van der Waals surface area contributed by atoms with E-state index < -0.39 is 10.0 Å². The Morgan fingerprint density at radius 3 is 2.83 bits per heavy atom. The summed E-state index contributed by atoms with van der Waals surface area (Å²) < 4.78 is 47.7. The van der Waals surface area contributed by atoms with E-state index in [1.165, 1.54) is 12.3 Å². The Morgan fingerprint density at radius 1 is 1.37 bits per heavy atom. The van der Waals surface area contributed by atoms with Gasteiger partial charge in [0, 0.05) is 18.1 Å². The van der Waals surface area contributed by atoms with Gasteiger partial charge in [0.1, 0.15) is 11.6 Å². The van der Waals surface area contributed by atoms with Gasteiger partial charge in [-0.05, 0) is 54.7 Å². The highest BCUT2D eigenvalue weighted by atomic mass is 32.2. The summed E-state index contributed by atoms with van der Waals surface area (Å²) in [7, 11) is -3.62. The Morgan fingerprint density at radius 2 is 2.17 bits per heavy atom. The van der Waals surface area contributed by atoms with Gasteiger partial charge in [-0.15, -0.1) is 0 Å². The Labute approximate surface area is 177 Å². The van der Waals surface area contributed by atoms with Crippen LogP contribution < -0.4 is 9.88 Å². The van der Waals surface area contributed by atoms with Gasteiger partial charge >= 0.3 is 0 Å². The van der Waals surface area contributed by atoms with Gasteiger partial charge in [0.05, 0.1) is 30.9 Å². The first-order valence-corrected chi connectivity index (χ1v) is 11.6. The average Bonchev–Trinajstić information content (AvgIpc) is 2.71. The molecule has 0 saturated carbocycles. The van der Waals surface area contributed by atoms with Crippen LogP contribution in [-0.4, -0.2) is 39.0 Å². The Hall–Kier alpha value is -2.29. The van der Waals surface area contributed by atoms with Crippen molar-refractivity contribution in [3.63, 3.8) is 0 Å². The van der Waals surface area contributed by atoms with Crippen LogP contribution in [0.1, 0.15) is 18.9 Å². The average molecular weight is 435 g/mol. The topological polar surface area (TPSA) is 91.5 Å². The molecule has 0 spiro atoms. The molecule has 1 aromatic heterocycles. The van der Waals surface area contributed by atoms with E-state index in [4.69, 9.17) is 14.6 Å². The normalized spacial score (nSPS) is 19.4. The number of sulfonamides is 1. The van der Waals surface area contributed by atoms with Gasteiger partial charge < -0.3 is 9.47 Å². The van der Waals surface area contributed by atoms with Crippen LogP contribution in [0.15, 0.2) is 48.7 Å². The van der Waals surface area contributed by atoms with E-state index in [-0.39, 0.29) is 23.4 Å². The molecule has 1 saturated heterocycles. The predicted octanol–water partition coefficient (Wildman–Crippen LogP) is 3.33. The zero-order chi connectivity index (χ0) is 21.7. The molecular formula is C22H27FN2O4S. The van der Waals surface area contributed by atoms with Crippen LogP contribution in [0.25, 0.3) is 11.3 Å². The lowest BCUT2D eigenvalue weighted by Crippen LogP contribution is -2.35. The summed E-state index contributed by atoms with van der Waals surface area (Å²) in [6.07, 6.45) is 2.65. The monoisotopic (exact) mass is 434 g/mol. The van der Waals surface area contributed by atoms with E-state index in [9.17, 15) is 12.8 Å². The standard InChI is InChI=1S/C22H27FN2O4S/c1-3-16-10-17(21-6-5-19(23)11-25-21)4-7-22(16)29-13-18-12-28-9-8-20(18)15(2)14-30(24,26)27/h4-7,10-11,18,20H,2-3,8-9,12-14H2,1H3,(H2,24,26,27)/t18-,20?/m1/s1. The fourth-order valence-corrected chi connectivity index (χ4v) is 4.49. The maximum Gasteiger partial charge on any atom is 0.212 e. The Balaban J connectivity index is 1.72. The van der Waals surface area contributed by atoms with Crippen LogP contribution in [0, 0.1) is 17.7 Å². The number of hydrogen-bond acceptors (Lipinski definition) is 5. The number of pyridine rings is 1. The SMILES string of the molecule is C=C(CS(N)(=O)=O)C1CCOC[C@@H]1COc1ccc(-c2ccc(F)cn2)cc1CC. The summed E-state index contributed by atoms with van der Waals surface area (Å²) in [5.41, 5.74) is 3.19. The van der Waals surface area contributed by atoms with E-state index in [1.54, 1.807) is 6.07 Å². The summed E-state index contributed by atoms with van der Waals surface area (Å²) in [5, 5.41) is 5.18. The van der Waals surface area contributed by atoms with E-state index >= 15 is 0 Å². The van der Waals surface area contributed by atoms with E-state index in [2.05, 4.69) is 11.6 Å². The fraction of sp³-hybridized carbons (Fsp3) is 0.409. The second-order valence-corrected chi connectivity index (χ2v) is 9.16. The van der Waals surface area contributed by atoms with Crippen LogP contribution in [-0.2, 0) is 21.2 Å². The number of nitrogens with two attached hydrogens (primary N) is 1. The molecule has 0 bridgehead atoms. The number of aryl methyl sites for hydroxylation is 1. The fourth-order valence-electron chi connectivity index (χ4n) is 3.76. The number of nitrogens with zero attached hydrogens (tertiary/aromatic N) is 1. The Bertz CT molecular complexity index is 993. The second-order valence-electron chi connectivity index (χ2n) is 7.54. The minimum Gasteiger partial charge on any atom is -0.493 e. The van der Waals surface area contributed by atoms with Crippen LogP contribution in [0.5, 0.6) is 5.75 Å². The first kappa shape index (κ1) is 22.4. The molecule has 3 rings (SSSR count). The molecule has 0 amide bonds. The molecule has 2 aromatic rings. The van der Waals surface area contributed by atoms with Crippen molar-refractivity contribution in [2.75, 3.05) is 25.6 Å². The van der Waals surface area contributed by atoms with Crippen LogP contribution in [0.3, 0.4) is 0 Å². The van der Waals surface area contributed by atoms with E-state index in [1.807, 2.05) is 25.1 Å². The maximum atomic E-state index is 13.1. The van der Waals surface area contributed by atoms with Crippen molar-refractivity contribution in [3.05, 3.63) is 60.1 Å². The lowest BCUT2D eigenvalue weighted by molar-refractivity contribution is 0.00870. The van der Waals surface area contributed by atoms with Gasteiger partial charge in [0.2, 0.25) is 10.0 Å². The molecule has 1 aliphatic heterocycles. The van der Waals surface area contributed by atoms with Crippen molar-refractivity contribution in [1.82, 2.24) is 4.98 Å². The van der Waals surface area contributed by atoms with Gasteiger partial charge in [-0.25, -0.2) is 17.9 Å². The number of benzene rings is 1. The van der Waals surface area contributed by atoms with Gasteiger partial charge in [-0.1, -0.05) is 19.1 Å². The molecule has 30 heavy (non-hydrogen) atoms. The van der Waals surface area contributed by atoms with Crippen molar-refractivity contribution in [3.8, 4) is 17.0 Å². The third-order valence-electron chi connectivity index (χ3n) is 5.30. The number of ether oxygens (including phenoxy) is 2. The van der Waals surface area contributed by atoms with Crippen LogP contribution in [0.2, 0.25) is 0 Å². The summed E-state index contributed by atoms with van der Waals surface area (Å²) in [5.74, 6) is 0.127. The minimum absolute atomic E-state index is 0.00357. The maximum absolute atomic E-state index is 13.1. The smallest absolute Gasteiger partial charge is 0.212 e. The van der Waals surface area contributed by atoms with Crippen molar-refractivity contribution >= 4 is 10.0 Å². The van der Waals surface area contributed by atoms with Crippen molar-refractivity contribution < 1.29 is 22.3 Å². The molecule has 2 N–H and O–H groups in total. The quantitative estimate of drug-likeness (QED) is 0.644. The van der Waals surface area contributed by atoms with Crippen molar-refractivity contribution in [1.29, 1.82) is 0 Å².